The minimum atomic E-state index is -0.540. The average Bonchev–Trinajstić information content (AvgIpc) is 2.30. The van der Waals surface area contributed by atoms with Gasteiger partial charge in [-0.15, -0.1) is 12.3 Å². The first-order valence-corrected chi connectivity index (χ1v) is 5.46. The van der Waals surface area contributed by atoms with Crippen LogP contribution in [0.1, 0.15) is 19.8 Å². The number of hydrogen-bond acceptors (Lipinski definition) is 4. The molecule has 0 saturated carbocycles. The number of nitrogens with one attached hydrogen (secondary N) is 1. The van der Waals surface area contributed by atoms with Crippen LogP contribution < -0.4 is 5.32 Å². The molecule has 1 heterocycles. The SMILES string of the molecule is C#CCC(CC)Nc1ncc([N+](=O)[O-])cc1Cl. The van der Waals surface area contributed by atoms with Crippen LogP contribution in [-0.4, -0.2) is 15.9 Å². The summed E-state index contributed by atoms with van der Waals surface area (Å²) < 4.78 is 0. The van der Waals surface area contributed by atoms with Crippen LogP contribution in [0, 0.1) is 22.5 Å². The van der Waals surface area contributed by atoms with E-state index in [2.05, 4.69) is 16.2 Å². The summed E-state index contributed by atoms with van der Waals surface area (Å²) in [6.45, 7) is 1.98. The van der Waals surface area contributed by atoms with Crippen molar-refractivity contribution in [1.82, 2.24) is 4.98 Å². The summed E-state index contributed by atoms with van der Waals surface area (Å²) in [6.07, 6.45) is 7.76. The Labute approximate surface area is 104 Å². The highest BCUT2D eigenvalue weighted by atomic mass is 35.5. The maximum Gasteiger partial charge on any atom is 0.289 e. The molecule has 0 aliphatic rings. The molecule has 90 valence electrons. The van der Waals surface area contributed by atoms with Crippen LogP contribution >= 0.6 is 11.6 Å². The minimum absolute atomic E-state index is 0.0615. The lowest BCUT2D eigenvalue weighted by molar-refractivity contribution is -0.385. The standard InChI is InChI=1S/C11H12ClN3O2/c1-3-5-8(4-2)14-11-10(12)6-9(7-13-11)15(16)17/h1,6-8H,4-5H2,2H3,(H,13,14). The van der Waals surface area contributed by atoms with Crippen molar-refractivity contribution in [1.29, 1.82) is 0 Å². The van der Waals surface area contributed by atoms with Crippen molar-refractivity contribution >= 4 is 23.1 Å². The quantitative estimate of drug-likeness (QED) is 0.498. The minimum Gasteiger partial charge on any atom is -0.365 e. The normalized spacial score (nSPS) is 11.6. The Balaban J connectivity index is 2.85. The summed E-state index contributed by atoms with van der Waals surface area (Å²) in [5, 5.41) is 13.8. The van der Waals surface area contributed by atoms with Crippen LogP contribution in [0.2, 0.25) is 5.02 Å². The molecular formula is C11H12ClN3O2. The molecule has 0 bridgehead atoms. The van der Waals surface area contributed by atoms with Gasteiger partial charge in [0.05, 0.1) is 9.95 Å². The van der Waals surface area contributed by atoms with E-state index in [0.717, 1.165) is 12.6 Å². The van der Waals surface area contributed by atoms with E-state index < -0.39 is 4.92 Å². The number of pyridine rings is 1. The summed E-state index contributed by atoms with van der Waals surface area (Å²) >= 11 is 5.89. The van der Waals surface area contributed by atoms with Crippen molar-refractivity contribution in [3.8, 4) is 12.3 Å². The van der Waals surface area contributed by atoms with E-state index in [4.69, 9.17) is 18.0 Å². The number of nitrogens with zero attached hydrogens (tertiary/aromatic N) is 2. The number of hydrogen-bond donors (Lipinski definition) is 1. The number of nitro groups is 1. The first-order valence-electron chi connectivity index (χ1n) is 5.08. The highest BCUT2D eigenvalue weighted by Crippen LogP contribution is 2.24. The zero-order chi connectivity index (χ0) is 12.8. The summed E-state index contributed by atoms with van der Waals surface area (Å²) in [6, 6.07) is 1.32. The molecular weight excluding hydrogens is 242 g/mol. The maximum absolute atomic E-state index is 10.5. The fourth-order valence-corrected chi connectivity index (χ4v) is 1.48. The molecule has 1 aromatic rings. The van der Waals surface area contributed by atoms with Crippen molar-refractivity contribution in [2.45, 2.75) is 25.8 Å². The van der Waals surface area contributed by atoms with Crippen LogP contribution in [0.4, 0.5) is 11.5 Å². The van der Waals surface area contributed by atoms with E-state index in [-0.39, 0.29) is 16.8 Å². The smallest absolute Gasteiger partial charge is 0.289 e. The average molecular weight is 254 g/mol. The van der Waals surface area contributed by atoms with Gasteiger partial charge in [-0.05, 0) is 6.42 Å². The number of anilines is 1. The van der Waals surface area contributed by atoms with Crippen LogP contribution in [-0.2, 0) is 0 Å². The van der Waals surface area contributed by atoms with E-state index >= 15 is 0 Å². The fraction of sp³-hybridized carbons (Fsp3) is 0.364. The molecule has 0 fully saturated rings. The van der Waals surface area contributed by atoms with Gasteiger partial charge in [-0.2, -0.15) is 0 Å². The molecule has 0 amide bonds. The van der Waals surface area contributed by atoms with E-state index in [1.54, 1.807) is 0 Å². The predicted octanol–water partition coefficient (Wildman–Crippen LogP) is 2.86. The Bertz CT molecular complexity index is 457. The van der Waals surface area contributed by atoms with Crippen molar-refractivity contribution in [3.05, 3.63) is 27.4 Å². The summed E-state index contributed by atoms with van der Waals surface area (Å²) in [7, 11) is 0. The molecule has 1 unspecified atom stereocenters. The second-order valence-corrected chi connectivity index (χ2v) is 3.85. The second kappa shape index (κ2) is 6.06. The summed E-state index contributed by atoms with van der Waals surface area (Å²) in [4.78, 5) is 13.9. The molecule has 1 rings (SSSR count). The van der Waals surface area contributed by atoms with E-state index in [1.807, 2.05) is 6.92 Å². The lowest BCUT2D eigenvalue weighted by Crippen LogP contribution is -2.18. The monoisotopic (exact) mass is 253 g/mol. The Morgan fingerprint density at radius 2 is 2.47 bits per heavy atom. The predicted molar refractivity (Wildman–Crippen MR) is 67.1 cm³/mol. The molecule has 0 aromatic carbocycles. The fourth-order valence-electron chi connectivity index (χ4n) is 1.27. The number of rotatable bonds is 5. The van der Waals surface area contributed by atoms with E-state index in [1.165, 1.54) is 6.07 Å². The molecule has 1 atom stereocenters. The van der Waals surface area contributed by atoms with Crippen molar-refractivity contribution < 1.29 is 4.92 Å². The molecule has 0 saturated heterocycles. The van der Waals surface area contributed by atoms with E-state index in [0.29, 0.717) is 12.2 Å². The van der Waals surface area contributed by atoms with Crippen LogP contribution in [0.5, 0.6) is 0 Å². The van der Waals surface area contributed by atoms with Crippen LogP contribution in [0.15, 0.2) is 12.3 Å². The van der Waals surface area contributed by atoms with Crippen molar-refractivity contribution in [2.24, 2.45) is 0 Å². The largest absolute Gasteiger partial charge is 0.365 e. The Kier molecular flexibility index (Phi) is 4.73. The third kappa shape index (κ3) is 3.61. The molecule has 0 aliphatic heterocycles. The number of aromatic nitrogens is 1. The van der Waals surface area contributed by atoms with Gasteiger partial charge in [0.2, 0.25) is 0 Å². The molecule has 6 heteroatoms. The topological polar surface area (TPSA) is 68.1 Å². The van der Waals surface area contributed by atoms with Crippen LogP contribution in [0.25, 0.3) is 0 Å². The van der Waals surface area contributed by atoms with Gasteiger partial charge < -0.3 is 5.32 Å². The number of terminal acetylenes is 1. The lowest BCUT2D eigenvalue weighted by atomic mass is 10.1. The molecule has 0 radical (unpaired) electrons. The lowest BCUT2D eigenvalue weighted by Gasteiger charge is -2.15. The molecule has 0 spiro atoms. The number of halogens is 1. The van der Waals surface area contributed by atoms with Crippen LogP contribution in [0.3, 0.4) is 0 Å². The third-order valence-electron chi connectivity index (χ3n) is 2.24. The zero-order valence-corrected chi connectivity index (χ0v) is 10.1. The molecule has 1 aromatic heterocycles. The summed E-state index contributed by atoms with van der Waals surface area (Å²) in [5.41, 5.74) is -0.134. The van der Waals surface area contributed by atoms with Gasteiger partial charge in [0.1, 0.15) is 12.0 Å². The molecule has 0 aliphatic carbocycles. The Hall–Kier alpha value is -1.80. The van der Waals surface area contributed by atoms with E-state index in [9.17, 15) is 10.1 Å². The van der Waals surface area contributed by atoms with Crippen molar-refractivity contribution in [3.63, 3.8) is 0 Å². The highest BCUT2D eigenvalue weighted by Gasteiger charge is 2.13. The van der Waals surface area contributed by atoms with Gasteiger partial charge in [-0.25, -0.2) is 4.98 Å². The first-order chi connectivity index (χ1) is 8.08. The highest BCUT2D eigenvalue weighted by molar-refractivity contribution is 6.33. The maximum atomic E-state index is 10.5. The van der Waals surface area contributed by atoms with Crippen molar-refractivity contribution in [2.75, 3.05) is 5.32 Å². The second-order valence-electron chi connectivity index (χ2n) is 3.44. The molecule has 5 nitrogen and oxygen atoms in total. The molecule has 17 heavy (non-hydrogen) atoms. The first kappa shape index (κ1) is 13.3. The molecule has 1 N–H and O–H groups in total. The van der Waals surface area contributed by atoms with Gasteiger partial charge in [-0.1, -0.05) is 18.5 Å². The van der Waals surface area contributed by atoms with Gasteiger partial charge in [0, 0.05) is 18.5 Å². The van der Waals surface area contributed by atoms with Gasteiger partial charge in [0.15, 0.2) is 0 Å². The Morgan fingerprint density at radius 1 is 1.76 bits per heavy atom. The third-order valence-corrected chi connectivity index (χ3v) is 2.52. The summed E-state index contributed by atoms with van der Waals surface area (Å²) in [5.74, 6) is 2.96. The van der Waals surface area contributed by atoms with Gasteiger partial charge in [0.25, 0.3) is 5.69 Å². The van der Waals surface area contributed by atoms with Gasteiger partial charge in [-0.3, -0.25) is 10.1 Å². The zero-order valence-electron chi connectivity index (χ0n) is 9.31. The van der Waals surface area contributed by atoms with Gasteiger partial charge >= 0.3 is 0 Å². The Morgan fingerprint density at radius 3 is 2.94 bits per heavy atom.